The fourth-order valence-electron chi connectivity index (χ4n) is 2.71. The number of carbonyl (C=O) groups excluding carboxylic acids is 1. The summed E-state index contributed by atoms with van der Waals surface area (Å²) in [5.74, 6) is -0.0830. The minimum atomic E-state index is -0.389. The topological polar surface area (TPSA) is 50.8 Å². The fourth-order valence-corrected chi connectivity index (χ4v) is 2.71. The summed E-state index contributed by atoms with van der Waals surface area (Å²) in [6.07, 6.45) is 0.693. The summed E-state index contributed by atoms with van der Waals surface area (Å²) < 4.78 is 23.8. The van der Waals surface area contributed by atoms with E-state index in [9.17, 15) is 9.18 Å². The van der Waals surface area contributed by atoms with Crippen LogP contribution in [-0.4, -0.2) is 50.3 Å². The Bertz CT molecular complexity index is 533. The standard InChI is InChI=1S/C17H25FN2O3/c1-4-15(17(21)20-7-9-23-10-8-20)19-12(2)13-5-6-14(18)16(11-13)22-3/h5-6,11-12,15,19H,4,7-10H2,1-3H3/t12-,15-/m0/s1. The minimum Gasteiger partial charge on any atom is -0.494 e. The Labute approximate surface area is 136 Å². The zero-order valence-corrected chi connectivity index (χ0v) is 14.0. The molecule has 0 radical (unpaired) electrons. The fraction of sp³-hybridized carbons (Fsp3) is 0.588. The van der Waals surface area contributed by atoms with Crippen molar-refractivity contribution in [2.24, 2.45) is 0 Å². The first kappa shape index (κ1) is 17.7. The second-order valence-corrected chi connectivity index (χ2v) is 5.68. The summed E-state index contributed by atoms with van der Waals surface area (Å²) in [7, 11) is 1.44. The van der Waals surface area contributed by atoms with Gasteiger partial charge in [0.25, 0.3) is 0 Å². The minimum absolute atomic E-state index is 0.0839. The molecule has 1 fully saturated rings. The highest BCUT2D eigenvalue weighted by Gasteiger charge is 2.26. The van der Waals surface area contributed by atoms with Gasteiger partial charge in [-0.3, -0.25) is 10.1 Å². The number of nitrogens with one attached hydrogen (secondary N) is 1. The number of hydrogen-bond donors (Lipinski definition) is 1. The number of methoxy groups -OCH3 is 1. The van der Waals surface area contributed by atoms with Crippen LogP contribution in [0.5, 0.6) is 5.75 Å². The van der Waals surface area contributed by atoms with E-state index in [1.807, 2.05) is 18.7 Å². The number of rotatable bonds is 6. The first-order chi connectivity index (χ1) is 11.1. The second kappa shape index (κ2) is 8.26. The van der Waals surface area contributed by atoms with E-state index in [2.05, 4.69) is 5.32 Å². The van der Waals surface area contributed by atoms with Crippen LogP contribution in [0.4, 0.5) is 4.39 Å². The summed E-state index contributed by atoms with van der Waals surface area (Å²) in [6, 6.07) is 4.41. The molecule has 1 aromatic rings. The summed E-state index contributed by atoms with van der Waals surface area (Å²) in [5.41, 5.74) is 0.886. The molecule has 0 bridgehead atoms. The molecule has 1 aliphatic rings. The molecule has 0 spiro atoms. The lowest BCUT2D eigenvalue weighted by Gasteiger charge is -2.31. The van der Waals surface area contributed by atoms with E-state index in [-0.39, 0.29) is 29.6 Å². The highest BCUT2D eigenvalue weighted by Crippen LogP contribution is 2.23. The molecule has 0 saturated carbocycles. The maximum atomic E-state index is 13.5. The van der Waals surface area contributed by atoms with Gasteiger partial charge in [-0.2, -0.15) is 0 Å². The Morgan fingerprint density at radius 3 is 2.74 bits per heavy atom. The summed E-state index contributed by atoms with van der Waals surface area (Å²) in [4.78, 5) is 14.4. The number of carbonyl (C=O) groups is 1. The average Bonchev–Trinajstić information content (AvgIpc) is 2.60. The van der Waals surface area contributed by atoms with E-state index in [4.69, 9.17) is 9.47 Å². The van der Waals surface area contributed by atoms with E-state index < -0.39 is 0 Å². The third kappa shape index (κ3) is 4.42. The van der Waals surface area contributed by atoms with Crippen LogP contribution in [0.15, 0.2) is 18.2 Å². The number of amides is 1. The summed E-state index contributed by atoms with van der Waals surface area (Å²) >= 11 is 0. The Balaban J connectivity index is 2.03. The molecular formula is C17H25FN2O3. The lowest BCUT2D eigenvalue weighted by atomic mass is 10.1. The maximum Gasteiger partial charge on any atom is 0.239 e. The predicted molar refractivity (Wildman–Crippen MR) is 86.0 cm³/mol. The lowest BCUT2D eigenvalue weighted by molar-refractivity contribution is -0.137. The van der Waals surface area contributed by atoms with Crippen LogP contribution in [0, 0.1) is 5.82 Å². The monoisotopic (exact) mass is 324 g/mol. The molecule has 1 saturated heterocycles. The zero-order chi connectivity index (χ0) is 16.8. The molecule has 1 aromatic carbocycles. The summed E-state index contributed by atoms with van der Waals surface area (Å²) in [5, 5.41) is 3.34. The number of ether oxygens (including phenoxy) is 2. The molecule has 1 heterocycles. The number of hydrogen-bond acceptors (Lipinski definition) is 4. The van der Waals surface area contributed by atoms with Crippen LogP contribution in [0.25, 0.3) is 0 Å². The average molecular weight is 324 g/mol. The highest BCUT2D eigenvalue weighted by atomic mass is 19.1. The quantitative estimate of drug-likeness (QED) is 0.871. The van der Waals surface area contributed by atoms with Gasteiger partial charge in [-0.1, -0.05) is 13.0 Å². The van der Waals surface area contributed by atoms with Gasteiger partial charge in [0, 0.05) is 19.1 Å². The first-order valence-corrected chi connectivity index (χ1v) is 8.02. The van der Waals surface area contributed by atoms with Crippen molar-refractivity contribution in [2.75, 3.05) is 33.4 Å². The summed E-state index contributed by atoms with van der Waals surface area (Å²) in [6.45, 7) is 6.39. The van der Waals surface area contributed by atoms with Gasteiger partial charge >= 0.3 is 0 Å². The zero-order valence-electron chi connectivity index (χ0n) is 14.0. The van der Waals surface area contributed by atoms with Crippen molar-refractivity contribution in [1.82, 2.24) is 10.2 Å². The van der Waals surface area contributed by atoms with Crippen molar-refractivity contribution in [3.63, 3.8) is 0 Å². The molecule has 6 heteroatoms. The van der Waals surface area contributed by atoms with Gasteiger partial charge < -0.3 is 14.4 Å². The van der Waals surface area contributed by atoms with Crippen molar-refractivity contribution >= 4 is 5.91 Å². The Morgan fingerprint density at radius 1 is 1.43 bits per heavy atom. The molecule has 2 atom stereocenters. The molecule has 0 aliphatic carbocycles. The van der Waals surface area contributed by atoms with Crippen molar-refractivity contribution in [1.29, 1.82) is 0 Å². The molecule has 1 aliphatic heterocycles. The van der Waals surface area contributed by atoms with Crippen LogP contribution < -0.4 is 10.1 Å². The molecule has 2 rings (SSSR count). The van der Waals surface area contributed by atoms with Crippen molar-refractivity contribution < 1.29 is 18.7 Å². The predicted octanol–water partition coefficient (Wildman–Crippen LogP) is 2.12. The van der Waals surface area contributed by atoms with Crippen LogP contribution >= 0.6 is 0 Å². The van der Waals surface area contributed by atoms with E-state index >= 15 is 0 Å². The Kier molecular flexibility index (Phi) is 6.36. The molecule has 0 unspecified atom stereocenters. The number of nitrogens with zero attached hydrogens (tertiary/aromatic N) is 1. The smallest absolute Gasteiger partial charge is 0.239 e. The van der Waals surface area contributed by atoms with E-state index in [0.29, 0.717) is 32.7 Å². The number of benzene rings is 1. The third-order valence-corrected chi connectivity index (χ3v) is 4.16. The van der Waals surface area contributed by atoms with E-state index in [0.717, 1.165) is 5.56 Å². The molecule has 128 valence electrons. The normalized spacial score (nSPS) is 17.7. The van der Waals surface area contributed by atoms with Crippen LogP contribution in [-0.2, 0) is 9.53 Å². The highest BCUT2D eigenvalue weighted by molar-refractivity contribution is 5.82. The van der Waals surface area contributed by atoms with Gasteiger partial charge in [0.05, 0.1) is 26.4 Å². The molecule has 23 heavy (non-hydrogen) atoms. The Morgan fingerprint density at radius 2 is 2.13 bits per heavy atom. The van der Waals surface area contributed by atoms with Crippen molar-refractivity contribution in [3.8, 4) is 5.75 Å². The van der Waals surface area contributed by atoms with Crippen molar-refractivity contribution in [3.05, 3.63) is 29.6 Å². The van der Waals surface area contributed by atoms with Gasteiger partial charge in [0.1, 0.15) is 0 Å². The lowest BCUT2D eigenvalue weighted by Crippen LogP contribution is -2.50. The Hall–Kier alpha value is -1.66. The van der Waals surface area contributed by atoms with Gasteiger partial charge in [-0.25, -0.2) is 4.39 Å². The van der Waals surface area contributed by atoms with Gasteiger partial charge in [-0.05, 0) is 31.0 Å². The molecule has 0 aromatic heterocycles. The SMILES string of the molecule is CC[C@H](N[C@@H](C)c1ccc(F)c(OC)c1)C(=O)N1CCOCC1. The second-order valence-electron chi connectivity index (χ2n) is 5.68. The van der Waals surface area contributed by atoms with Gasteiger partial charge in [-0.15, -0.1) is 0 Å². The first-order valence-electron chi connectivity index (χ1n) is 8.02. The number of morpholine rings is 1. The molecule has 1 amide bonds. The van der Waals surface area contributed by atoms with Gasteiger partial charge in [0.15, 0.2) is 11.6 Å². The number of halogens is 1. The van der Waals surface area contributed by atoms with Crippen LogP contribution in [0.2, 0.25) is 0 Å². The maximum absolute atomic E-state index is 13.5. The van der Waals surface area contributed by atoms with E-state index in [1.165, 1.54) is 13.2 Å². The van der Waals surface area contributed by atoms with Gasteiger partial charge in [0.2, 0.25) is 5.91 Å². The molecule has 1 N–H and O–H groups in total. The third-order valence-electron chi connectivity index (χ3n) is 4.16. The molecule has 5 nitrogen and oxygen atoms in total. The molecular weight excluding hydrogens is 299 g/mol. The van der Waals surface area contributed by atoms with Crippen LogP contribution in [0.1, 0.15) is 31.9 Å². The largest absolute Gasteiger partial charge is 0.494 e. The van der Waals surface area contributed by atoms with Crippen molar-refractivity contribution in [2.45, 2.75) is 32.4 Å². The van der Waals surface area contributed by atoms with Crippen LogP contribution in [0.3, 0.4) is 0 Å². The van der Waals surface area contributed by atoms with E-state index in [1.54, 1.807) is 12.1 Å².